The number of hydrogen-bond acceptors (Lipinski definition) is 3. The van der Waals surface area contributed by atoms with Crippen molar-refractivity contribution in [3.05, 3.63) is 65.0 Å². The van der Waals surface area contributed by atoms with Gasteiger partial charge in [-0.2, -0.15) is 5.10 Å². The summed E-state index contributed by atoms with van der Waals surface area (Å²) >= 11 is 3.53. The Morgan fingerprint density at radius 2 is 1.85 bits per heavy atom. The molecule has 0 fully saturated rings. The van der Waals surface area contributed by atoms with Crippen LogP contribution in [0.3, 0.4) is 0 Å². The molecule has 2 aromatic carbocycles. The SMILES string of the molecule is Cc1ccc(NC(=O)Nc2cc(-c3c(Br)cnn3C)c3occc3c2)cc1. The van der Waals surface area contributed by atoms with Crippen LogP contribution < -0.4 is 10.6 Å². The van der Waals surface area contributed by atoms with Crippen LogP contribution in [0.5, 0.6) is 0 Å². The van der Waals surface area contributed by atoms with Crippen molar-refractivity contribution in [3.63, 3.8) is 0 Å². The van der Waals surface area contributed by atoms with Gasteiger partial charge < -0.3 is 15.1 Å². The Balaban J connectivity index is 1.66. The Labute approximate surface area is 164 Å². The lowest BCUT2D eigenvalue weighted by atomic mass is 10.1. The second-order valence-electron chi connectivity index (χ2n) is 6.27. The minimum absolute atomic E-state index is 0.309. The number of nitrogens with zero attached hydrogens (tertiary/aromatic N) is 2. The normalized spacial score (nSPS) is 10.9. The number of amides is 2. The maximum Gasteiger partial charge on any atom is 0.323 e. The van der Waals surface area contributed by atoms with E-state index in [1.807, 2.05) is 56.4 Å². The summed E-state index contributed by atoms with van der Waals surface area (Å²) in [6, 6.07) is 12.9. The molecule has 0 unspecified atom stereocenters. The molecular formula is C20H17BrN4O2. The fourth-order valence-electron chi connectivity index (χ4n) is 2.97. The van der Waals surface area contributed by atoms with E-state index in [4.69, 9.17) is 4.42 Å². The Morgan fingerprint density at radius 1 is 1.11 bits per heavy atom. The van der Waals surface area contributed by atoms with Crippen molar-refractivity contribution in [2.45, 2.75) is 6.92 Å². The van der Waals surface area contributed by atoms with Crippen molar-refractivity contribution in [2.75, 3.05) is 10.6 Å². The maximum absolute atomic E-state index is 12.4. The molecule has 27 heavy (non-hydrogen) atoms. The summed E-state index contributed by atoms with van der Waals surface area (Å²) in [6.45, 7) is 2.00. The lowest BCUT2D eigenvalue weighted by Gasteiger charge is -2.11. The molecule has 0 aliphatic heterocycles. The van der Waals surface area contributed by atoms with Crippen LogP contribution in [0, 0.1) is 6.92 Å². The van der Waals surface area contributed by atoms with E-state index in [1.165, 1.54) is 0 Å². The fraction of sp³-hybridized carbons (Fsp3) is 0.100. The minimum Gasteiger partial charge on any atom is -0.464 e. The van der Waals surface area contributed by atoms with E-state index in [2.05, 4.69) is 31.7 Å². The van der Waals surface area contributed by atoms with Gasteiger partial charge in [-0.1, -0.05) is 17.7 Å². The van der Waals surface area contributed by atoms with Gasteiger partial charge in [0.15, 0.2) is 0 Å². The van der Waals surface area contributed by atoms with Crippen LogP contribution in [0.1, 0.15) is 5.56 Å². The highest BCUT2D eigenvalue weighted by Gasteiger charge is 2.16. The molecule has 4 rings (SSSR count). The van der Waals surface area contributed by atoms with Crippen LogP contribution in [0.4, 0.5) is 16.2 Å². The van der Waals surface area contributed by atoms with E-state index in [9.17, 15) is 4.79 Å². The zero-order valence-electron chi connectivity index (χ0n) is 14.8. The van der Waals surface area contributed by atoms with E-state index in [0.717, 1.165) is 38.0 Å². The largest absolute Gasteiger partial charge is 0.464 e. The first-order chi connectivity index (χ1) is 13.0. The summed E-state index contributed by atoms with van der Waals surface area (Å²) in [6.07, 6.45) is 3.36. The zero-order valence-corrected chi connectivity index (χ0v) is 16.4. The lowest BCUT2D eigenvalue weighted by Crippen LogP contribution is -2.19. The summed E-state index contributed by atoms with van der Waals surface area (Å²) in [7, 11) is 1.86. The quantitative estimate of drug-likeness (QED) is 0.452. The first-order valence-electron chi connectivity index (χ1n) is 8.35. The Kier molecular flexibility index (Phi) is 4.45. The number of rotatable bonds is 3. The third kappa shape index (κ3) is 3.46. The first-order valence-corrected chi connectivity index (χ1v) is 9.14. The smallest absolute Gasteiger partial charge is 0.323 e. The second-order valence-corrected chi connectivity index (χ2v) is 7.13. The Bertz CT molecular complexity index is 1110. The number of carbonyl (C=O) groups is 1. The van der Waals surface area contributed by atoms with Gasteiger partial charge in [-0.15, -0.1) is 0 Å². The van der Waals surface area contributed by atoms with E-state index in [0.29, 0.717) is 5.69 Å². The zero-order chi connectivity index (χ0) is 19.0. The topological polar surface area (TPSA) is 72.1 Å². The van der Waals surface area contributed by atoms with Crippen LogP contribution in [0.15, 0.2) is 63.8 Å². The molecule has 2 heterocycles. The Hall–Kier alpha value is -3.06. The van der Waals surface area contributed by atoms with Crippen LogP contribution in [-0.4, -0.2) is 15.8 Å². The number of aryl methyl sites for hydroxylation is 2. The van der Waals surface area contributed by atoms with Gasteiger partial charge in [0, 0.05) is 29.4 Å². The molecule has 7 heteroatoms. The van der Waals surface area contributed by atoms with Gasteiger partial charge in [0.25, 0.3) is 0 Å². The number of carbonyl (C=O) groups excluding carboxylic acids is 1. The number of benzene rings is 2. The van der Waals surface area contributed by atoms with Crippen molar-refractivity contribution in [1.29, 1.82) is 0 Å². The van der Waals surface area contributed by atoms with E-state index < -0.39 is 0 Å². The lowest BCUT2D eigenvalue weighted by molar-refractivity contribution is 0.262. The number of anilines is 2. The van der Waals surface area contributed by atoms with Crippen molar-refractivity contribution in [1.82, 2.24) is 9.78 Å². The molecule has 2 amide bonds. The number of hydrogen-bond donors (Lipinski definition) is 2. The van der Waals surface area contributed by atoms with Crippen molar-refractivity contribution in [2.24, 2.45) is 7.05 Å². The maximum atomic E-state index is 12.4. The minimum atomic E-state index is -0.309. The van der Waals surface area contributed by atoms with E-state index in [1.54, 1.807) is 17.1 Å². The first kappa shape index (κ1) is 17.4. The molecule has 0 atom stereocenters. The number of fused-ring (bicyclic) bond motifs is 1. The molecule has 2 N–H and O–H groups in total. The monoisotopic (exact) mass is 424 g/mol. The van der Waals surface area contributed by atoms with E-state index in [-0.39, 0.29) is 6.03 Å². The van der Waals surface area contributed by atoms with Crippen LogP contribution in [0.2, 0.25) is 0 Å². The van der Waals surface area contributed by atoms with Gasteiger partial charge in [-0.05, 0) is 53.2 Å². The van der Waals surface area contributed by atoms with Crippen molar-refractivity contribution in [3.8, 4) is 11.3 Å². The molecule has 0 aliphatic carbocycles. The predicted octanol–water partition coefficient (Wildman–Crippen LogP) is 5.55. The van der Waals surface area contributed by atoms with Gasteiger partial charge in [0.1, 0.15) is 5.58 Å². The standard InChI is InChI=1S/C20H17BrN4O2/c1-12-3-5-14(6-4-12)23-20(26)24-15-9-13-7-8-27-19(13)16(10-15)18-17(21)11-22-25(18)2/h3-11H,1-2H3,(H2,23,24,26). The molecule has 0 bridgehead atoms. The second kappa shape index (κ2) is 6.92. The number of halogens is 1. The molecule has 0 aliphatic rings. The number of aromatic nitrogens is 2. The molecule has 2 aromatic heterocycles. The summed E-state index contributed by atoms with van der Waals surface area (Å²) in [4.78, 5) is 12.4. The fourth-order valence-corrected chi connectivity index (χ4v) is 3.54. The average Bonchev–Trinajstić information content (AvgIpc) is 3.23. The molecule has 6 nitrogen and oxygen atoms in total. The predicted molar refractivity (Wildman–Crippen MR) is 110 cm³/mol. The highest BCUT2D eigenvalue weighted by Crippen LogP contribution is 2.36. The molecule has 136 valence electrons. The number of furan rings is 1. The average molecular weight is 425 g/mol. The summed E-state index contributed by atoms with van der Waals surface area (Å²) < 4.78 is 8.27. The molecule has 0 spiro atoms. The summed E-state index contributed by atoms with van der Waals surface area (Å²) in [5.41, 5.74) is 4.99. The molecule has 0 saturated carbocycles. The summed E-state index contributed by atoms with van der Waals surface area (Å²) in [5.74, 6) is 0. The van der Waals surface area contributed by atoms with E-state index >= 15 is 0 Å². The van der Waals surface area contributed by atoms with Gasteiger partial charge >= 0.3 is 6.03 Å². The van der Waals surface area contributed by atoms with Crippen molar-refractivity contribution >= 4 is 44.3 Å². The third-order valence-electron chi connectivity index (χ3n) is 4.27. The van der Waals surface area contributed by atoms with Crippen LogP contribution in [-0.2, 0) is 7.05 Å². The Morgan fingerprint density at radius 3 is 2.56 bits per heavy atom. The van der Waals surface area contributed by atoms with Crippen molar-refractivity contribution < 1.29 is 9.21 Å². The number of nitrogens with one attached hydrogen (secondary N) is 2. The molecule has 0 saturated heterocycles. The van der Waals surface area contributed by atoms with Crippen LogP contribution >= 0.6 is 15.9 Å². The van der Waals surface area contributed by atoms with Gasteiger partial charge in [0.05, 0.1) is 22.6 Å². The van der Waals surface area contributed by atoms with Gasteiger partial charge in [-0.3, -0.25) is 4.68 Å². The molecular weight excluding hydrogens is 408 g/mol. The van der Waals surface area contributed by atoms with Crippen LogP contribution in [0.25, 0.3) is 22.2 Å². The molecule has 4 aromatic rings. The highest BCUT2D eigenvalue weighted by molar-refractivity contribution is 9.10. The third-order valence-corrected chi connectivity index (χ3v) is 4.85. The van der Waals surface area contributed by atoms with Gasteiger partial charge in [-0.25, -0.2) is 4.79 Å². The number of urea groups is 1. The van der Waals surface area contributed by atoms with Gasteiger partial charge in [0.2, 0.25) is 0 Å². The summed E-state index contributed by atoms with van der Waals surface area (Å²) in [5, 5.41) is 10.9. The highest BCUT2D eigenvalue weighted by atomic mass is 79.9. The molecule has 0 radical (unpaired) electrons.